The van der Waals surface area contributed by atoms with Crippen molar-refractivity contribution >= 4 is 15.9 Å². The Morgan fingerprint density at radius 1 is 1.56 bits per heavy atom. The van der Waals surface area contributed by atoms with Crippen LogP contribution < -0.4 is 5.32 Å². The molecule has 0 spiro atoms. The van der Waals surface area contributed by atoms with Crippen LogP contribution in [-0.4, -0.2) is 6.54 Å². The molecule has 1 atom stereocenters. The van der Waals surface area contributed by atoms with Crippen LogP contribution in [0.2, 0.25) is 0 Å². The zero-order valence-corrected chi connectivity index (χ0v) is 10.7. The molecule has 0 saturated heterocycles. The third-order valence-electron chi connectivity index (χ3n) is 2.96. The number of fused-ring (bicyclic) bond motifs is 1. The average Bonchev–Trinajstić information content (AvgIpc) is 2.26. The Kier molecular flexibility index (Phi) is 3.77. The Morgan fingerprint density at radius 2 is 2.38 bits per heavy atom. The molecule has 0 amide bonds. The molecule has 2 rings (SSSR count). The smallest absolute Gasteiger partial charge is 0.123 e. The fourth-order valence-electron chi connectivity index (χ4n) is 2.22. The van der Waals surface area contributed by atoms with Gasteiger partial charge in [-0.3, -0.25) is 0 Å². The molecule has 0 radical (unpaired) electrons. The van der Waals surface area contributed by atoms with Gasteiger partial charge in [-0.05, 0) is 42.5 Å². The highest BCUT2D eigenvalue weighted by Gasteiger charge is 2.19. The first-order chi connectivity index (χ1) is 7.66. The van der Waals surface area contributed by atoms with Gasteiger partial charge in [-0.1, -0.05) is 28.6 Å². The van der Waals surface area contributed by atoms with E-state index in [4.69, 9.17) is 0 Å². The Morgan fingerprint density at radius 3 is 3.12 bits per heavy atom. The number of hydrogen-bond acceptors (Lipinski definition) is 1. The lowest BCUT2D eigenvalue weighted by atomic mass is 9.87. The van der Waals surface area contributed by atoms with Crippen LogP contribution in [-0.2, 0) is 6.42 Å². The molecule has 0 heterocycles. The first-order valence-corrected chi connectivity index (χ1v) is 6.31. The maximum Gasteiger partial charge on any atom is 0.123 e. The van der Waals surface area contributed by atoms with E-state index < -0.39 is 0 Å². The van der Waals surface area contributed by atoms with Crippen LogP contribution in [0, 0.1) is 5.82 Å². The lowest BCUT2D eigenvalue weighted by molar-refractivity contribution is 0.475. The van der Waals surface area contributed by atoms with Crippen molar-refractivity contribution in [1.29, 1.82) is 0 Å². The molecule has 0 aromatic heterocycles. The summed E-state index contributed by atoms with van der Waals surface area (Å²) in [6, 6.07) is 5.36. The molecule has 3 heteroatoms. The van der Waals surface area contributed by atoms with Gasteiger partial charge in [0.25, 0.3) is 0 Å². The van der Waals surface area contributed by atoms with Gasteiger partial charge in [0, 0.05) is 17.1 Å². The van der Waals surface area contributed by atoms with Crippen LogP contribution in [0.5, 0.6) is 0 Å². The molecule has 0 bridgehead atoms. The summed E-state index contributed by atoms with van der Waals surface area (Å²) >= 11 is 3.32. The minimum atomic E-state index is -0.148. The van der Waals surface area contributed by atoms with Crippen LogP contribution in [0.4, 0.5) is 4.39 Å². The van der Waals surface area contributed by atoms with Crippen molar-refractivity contribution in [3.05, 3.63) is 46.2 Å². The highest BCUT2D eigenvalue weighted by atomic mass is 79.9. The second-order valence-electron chi connectivity index (χ2n) is 4.19. The molecule has 1 aromatic carbocycles. The van der Waals surface area contributed by atoms with Gasteiger partial charge in [0.05, 0.1) is 0 Å². The van der Waals surface area contributed by atoms with Gasteiger partial charge in [0.1, 0.15) is 5.82 Å². The summed E-state index contributed by atoms with van der Waals surface area (Å²) in [5, 5.41) is 3.39. The van der Waals surface area contributed by atoms with Gasteiger partial charge in [0.15, 0.2) is 0 Å². The van der Waals surface area contributed by atoms with E-state index in [9.17, 15) is 4.39 Å². The van der Waals surface area contributed by atoms with Crippen molar-refractivity contribution in [1.82, 2.24) is 5.32 Å². The van der Waals surface area contributed by atoms with E-state index in [2.05, 4.69) is 27.8 Å². The summed E-state index contributed by atoms with van der Waals surface area (Å²) in [4.78, 5) is 0. The summed E-state index contributed by atoms with van der Waals surface area (Å²) in [5.74, 6) is -0.148. The van der Waals surface area contributed by atoms with Crippen LogP contribution in [0.1, 0.15) is 30.0 Å². The fourth-order valence-corrected chi connectivity index (χ4v) is 2.38. The highest BCUT2D eigenvalue weighted by molar-refractivity contribution is 9.11. The van der Waals surface area contributed by atoms with Gasteiger partial charge in [-0.25, -0.2) is 4.39 Å². The predicted molar refractivity (Wildman–Crippen MR) is 68.1 cm³/mol. The van der Waals surface area contributed by atoms with E-state index in [1.54, 1.807) is 12.1 Å². The van der Waals surface area contributed by atoms with E-state index in [0.29, 0.717) is 0 Å². The highest BCUT2D eigenvalue weighted by Crippen LogP contribution is 2.30. The van der Waals surface area contributed by atoms with Gasteiger partial charge >= 0.3 is 0 Å². The van der Waals surface area contributed by atoms with Gasteiger partial charge < -0.3 is 5.32 Å². The first kappa shape index (κ1) is 11.8. The predicted octanol–water partition coefficient (Wildman–Crippen LogP) is 3.70. The Hall–Kier alpha value is -0.670. The quantitative estimate of drug-likeness (QED) is 0.892. The summed E-state index contributed by atoms with van der Waals surface area (Å²) in [6.07, 6.45) is 3.28. The number of aryl methyl sites for hydroxylation is 1. The van der Waals surface area contributed by atoms with E-state index in [0.717, 1.165) is 35.9 Å². The van der Waals surface area contributed by atoms with Crippen LogP contribution >= 0.6 is 15.9 Å². The molecule has 1 unspecified atom stereocenters. The molecule has 1 nitrogen and oxygen atoms in total. The molecular formula is C13H15BrFN. The molecule has 16 heavy (non-hydrogen) atoms. The minimum Gasteiger partial charge on any atom is -0.305 e. The lowest BCUT2D eigenvalue weighted by Gasteiger charge is -2.26. The molecule has 0 saturated carbocycles. The second kappa shape index (κ2) is 5.11. The number of rotatable bonds is 3. The van der Waals surface area contributed by atoms with E-state index >= 15 is 0 Å². The first-order valence-electron chi connectivity index (χ1n) is 5.52. The normalized spacial score (nSPS) is 19.2. The molecule has 86 valence electrons. The maximum atomic E-state index is 13.2. The Balaban J connectivity index is 2.18. The number of nitrogens with one attached hydrogen (secondary N) is 1. The third kappa shape index (κ3) is 2.71. The zero-order valence-electron chi connectivity index (χ0n) is 9.10. The second-order valence-corrected chi connectivity index (χ2v) is 5.31. The van der Waals surface area contributed by atoms with Crippen LogP contribution in [0.3, 0.4) is 0 Å². The topological polar surface area (TPSA) is 12.0 Å². The molecule has 0 aliphatic heterocycles. The Bertz CT molecular complexity index is 403. The number of hydrogen-bond donors (Lipinski definition) is 1. The van der Waals surface area contributed by atoms with Crippen molar-refractivity contribution in [2.24, 2.45) is 0 Å². The van der Waals surface area contributed by atoms with Crippen molar-refractivity contribution < 1.29 is 4.39 Å². The summed E-state index contributed by atoms with van der Waals surface area (Å²) < 4.78 is 14.1. The van der Waals surface area contributed by atoms with Crippen molar-refractivity contribution in [2.75, 3.05) is 6.54 Å². The van der Waals surface area contributed by atoms with Crippen molar-refractivity contribution in [3.8, 4) is 0 Å². The minimum absolute atomic E-state index is 0.148. The van der Waals surface area contributed by atoms with Gasteiger partial charge in [-0.15, -0.1) is 0 Å². The van der Waals surface area contributed by atoms with Crippen LogP contribution in [0.25, 0.3) is 0 Å². The average molecular weight is 284 g/mol. The third-order valence-corrected chi connectivity index (χ3v) is 3.24. The molecule has 0 fully saturated rings. The monoisotopic (exact) mass is 283 g/mol. The standard InChI is InChI=1S/C13H15BrFN/c1-9(14)8-16-13-4-2-3-10-5-6-11(15)7-12(10)13/h5-7,13,16H,1-4,8H2. The van der Waals surface area contributed by atoms with Crippen molar-refractivity contribution in [2.45, 2.75) is 25.3 Å². The maximum absolute atomic E-state index is 13.2. The van der Waals surface area contributed by atoms with Crippen LogP contribution in [0.15, 0.2) is 29.3 Å². The van der Waals surface area contributed by atoms with Gasteiger partial charge in [-0.2, -0.15) is 0 Å². The SMILES string of the molecule is C=C(Br)CNC1CCCc2ccc(F)cc21. The Labute approximate surface area is 104 Å². The largest absolute Gasteiger partial charge is 0.305 e. The number of halogens is 2. The van der Waals surface area contributed by atoms with Crippen molar-refractivity contribution in [3.63, 3.8) is 0 Å². The molecule has 1 aromatic rings. The molecule has 1 N–H and O–H groups in total. The van der Waals surface area contributed by atoms with Gasteiger partial charge in [0.2, 0.25) is 0 Å². The molecule has 1 aliphatic rings. The van der Waals surface area contributed by atoms with E-state index in [1.807, 2.05) is 6.07 Å². The molecule has 1 aliphatic carbocycles. The summed E-state index contributed by atoms with van der Waals surface area (Å²) in [7, 11) is 0. The summed E-state index contributed by atoms with van der Waals surface area (Å²) in [6.45, 7) is 4.52. The van der Waals surface area contributed by atoms with E-state index in [-0.39, 0.29) is 11.9 Å². The fraction of sp³-hybridized carbons (Fsp3) is 0.385. The zero-order chi connectivity index (χ0) is 11.5. The van der Waals surface area contributed by atoms with E-state index in [1.165, 1.54) is 5.56 Å². The molecular weight excluding hydrogens is 269 g/mol. The lowest BCUT2D eigenvalue weighted by Crippen LogP contribution is -2.26. The summed E-state index contributed by atoms with van der Waals surface area (Å²) in [5.41, 5.74) is 2.38. The number of benzene rings is 1.